The number of allylic oxidation sites excluding steroid dienone is 1. The summed E-state index contributed by atoms with van der Waals surface area (Å²) in [5.41, 5.74) is 2.00. The molecule has 1 atom stereocenters. The molecule has 1 aliphatic heterocycles. The normalized spacial score (nSPS) is 15.6. The molecule has 0 spiro atoms. The minimum Gasteiger partial charge on any atom is -0.506 e. The third-order valence-electron chi connectivity index (χ3n) is 5.42. The van der Waals surface area contributed by atoms with Crippen LogP contribution in [0, 0.1) is 0 Å². The van der Waals surface area contributed by atoms with Crippen LogP contribution in [0.5, 0.6) is 11.5 Å². The fourth-order valence-corrected chi connectivity index (χ4v) is 6.20. The highest BCUT2D eigenvalue weighted by Crippen LogP contribution is 2.34. The lowest BCUT2D eigenvalue weighted by Crippen LogP contribution is -2.39. The highest BCUT2D eigenvalue weighted by atomic mass is 79.9. The number of aromatic hydroxyl groups is 1. The number of phenols is 1. The second kappa shape index (κ2) is 10.7. The standard InChI is InChI=1S/C26H24Br2N2O5S/c1-5-34-25(33)21-14(4)29-26-30(22(21)16-6-8-17(9-7-16)35-13(2)3)24(32)20(36-26)12-15-10-18(27)23(31)19(28)11-15/h6-13,22,31H,5H2,1-4H3/b20-12-/t22-/m0/s1. The molecular formula is C26H24Br2N2O5S. The molecule has 0 fully saturated rings. The van der Waals surface area contributed by atoms with Crippen LogP contribution in [-0.4, -0.2) is 28.4 Å². The van der Waals surface area contributed by atoms with Crippen molar-refractivity contribution in [2.45, 2.75) is 39.8 Å². The fraction of sp³-hybridized carbons (Fsp3) is 0.269. The van der Waals surface area contributed by atoms with Crippen molar-refractivity contribution in [2.75, 3.05) is 6.61 Å². The van der Waals surface area contributed by atoms with Crippen LogP contribution < -0.4 is 19.6 Å². The average molecular weight is 636 g/mol. The number of nitrogens with zero attached hydrogens (tertiary/aromatic N) is 2. The van der Waals surface area contributed by atoms with Gasteiger partial charge in [0.2, 0.25) is 0 Å². The second-order valence-electron chi connectivity index (χ2n) is 8.37. The van der Waals surface area contributed by atoms with Gasteiger partial charge in [0, 0.05) is 0 Å². The Labute approximate surface area is 228 Å². The lowest BCUT2D eigenvalue weighted by atomic mass is 9.96. The van der Waals surface area contributed by atoms with Gasteiger partial charge in [-0.25, -0.2) is 9.79 Å². The van der Waals surface area contributed by atoms with E-state index in [0.717, 1.165) is 5.56 Å². The Morgan fingerprint density at radius 1 is 1.22 bits per heavy atom. The second-order valence-corrected chi connectivity index (χ2v) is 11.1. The number of benzene rings is 2. The summed E-state index contributed by atoms with van der Waals surface area (Å²) in [5.74, 6) is 0.267. The van der Waals surface area contributed by atoms with Crippen LogP contribution >= 0.6 is 43.2 Å². The number of esters is 1. The quantitative estimate of drug-likeness (QED) is 0.393. The number of carbonyl (C=O) groups is 1. The number of aromatic nitrogens is 1. The lowest BCUT2D eigenvalue weighted by molar-refractivity contribution is -0.139. The van der Waals surface area contributed by atoms with Crippen molar-refractivity contribution < 1.29 is 19.4 Å². The van der Waals surface area contributed by atoms with E-state index in [4.69, 9.17) is 9.47 Å². The predicted molar refractivity (Wildman–Crippen MR) is 146 cm³/mol. The Kier molecular flexibility index (Phi) is 7.87. The van der Waals surface area contributed by atoms with E-state index in [9.17, 15) is 14.7 Å². The van der Waals surface area contributed by atoms with Crippen molar-refractivity contribution in [1.29, 1.82) is 0 Å². The van der Waals surface area contributed by atoms with Crippen molar-refractivity contribution >= 4 is 55.2 Å². The van der Waals surface area contributed by atoms with Gasteiger partial charge < -0.3 is 14.6 Å². The Morgan fingerprint density at radius 2 is 1.86 bits per heavy atom. The molecule has 2 heterocycles. The third-order valence-corrected chi connectivity index (χ3v) is 7.61. The minimum atomic E-state index is -0.700. The zero-order chi connectivity index (χ0) is 26.1. The van der Waals surface area contributed by atoms with Crippen molar-refractivity contribution in [3.63, 3.8) is 0 Å². The number of halogens is 2. The first kappa shape index (κ1) is 26.4. The topological polar surface area (TPSA) is 90.1 Å². The summed E-state index contributed by atoms with van der Waals surface area (Å²) in [5, 5.41) is 10.0. The lowest BCUT2D eigenvalue weighted by Gasteiger charge is -2.25. The SMILES string of the molecule is CCOC(=O)C1=C(C)N=c2s/c(=C\c3cc(Br)c(O)c(Br)c3)c(=O)n2[C@H]1c1ccc(OC(C)C)cc1. The Hall–Kier alpha value is -2.69. The van der Waals surface area contributed by atoms with Gasteiger partial charge in [-0.1, -0.05) is 23.5 Å². The molecule has 0 bridgehead atoms. The van der Waals surface area contributed by atoms with E-state index < -0.39 is 12.0 Å². The predicted octanol–water partition coefficient (Wildman–Crippen LogP) is 4.82. The van der Waals surface area contributed by atoms with Gasteiger partial charge in [-0.3, -0.25) is 9.36 Å². The molecule has 2 aromatic carbocycles. The summed E-state index contributed by atoms with van der Waals surface area (Å²) in [4.78, 5) is 31.8. The molecule has 1 aliphatic rings. The Balaban J connectivity index is 1.91. The molecule has 1 N–H and O–H groups in total. The summed E-state index contributed by atoms with van der Waals surface area (Å²) < 4.78 is 14.1. The minimum absolute atomic E-state index is 0.0192. The van der Waals surface area contributed by atoms with Gasteiger partial charge in [-0.2, -0.15) is 0 Å². The molecule has 36 heavy (non-hydrogen) atoms. The van der Waals surface area contributed by atoms with E-state index in [0.29, 0.717) is 40.9 Å². The van der Waals surface area contributed by atoms with Crippen LogP contribution in [0.25, 0.3) is 6.08 Å². The number of fused-ring (bicyclic) bond motifs is 1. The van der Waals surface area contributed by atoms with Crippen molar-refractivity contribution in [3.8, 4) is 11.5 Å². The molecule has 0 amide bonds. The van der Waals surface area contributed by atoms with Gasteiger partial charge in [-0.05, 0) is 101 Å². The van der Waals surface area contributed by atoms with Gasteiger partial charge in [0.05, 0.1) is 43.5 Å². The van der Waals surface area contributed by atoms with Gasteiger partial charge in [-0.15, -0.1) is 0 Å². The number of thiazole rings is 1. The zero-order valence-corrected chi connectivity index (χ0v) is 24.0. The highest BCUT2D eigenvalue weighted by molar-refractivity contribution is 9.11. The largest absolute Gasteiger partial charge is 0.506 e. The molecule has 0 saturated heterocycles. The molecule has 3 aromatic rings. The van der Waals surface area contributed by atoms with Crippen molar-refractivity contribution in [2.24, 2.45) is 4.99 Å². The maximum Gasteiger partial charge on any atom is 0.338 e. The van der Waals surface area contributed by atoms with Crippen LogP contribution in [0.2, 0.25) is 0 Å². The first-order valence-corrected chi connectivity index (χ1v) is 13.6. The summed E-state index contributed by atoms with van der Waals surface area (Å²) in [7, 11) is 0. The van der Waals surface area contributed by atoms with Crippen LogP contribution in [0.15, 0.2) is 66.4 Å². The number of ether oxygens (including phenoxy) is 2. The van der Waals surface area contributed by atoms with Crippen LogP contribution in [-0.2, 0) is 9.53 Å². The summed E-state index contributed by atoms with van der Waals surface area (Å²) in [6.45, 7) is 7.59. The number of hydrogen-bond donors (Lipinski definition) is 1. The highest BCUT2D eigenvalue weighted by Gasteiger charge is 2.33. The summed E-state index contributed by atoms with van der Waals surface area (Å²) in [6.07, 6.45) is 1.75. The molecule has 7 nitrogen and oxygen atoms in total. The maximum absolute atomic E-state index is 13.7. The first-order chi connectivity index (χ1) is 17.1. The maximum atomic E-state index is 13.7. The third kappa shape index (κ3) is 5.21. The molecule has 10 heteroatoms. The molecule has 0 radical (unpaired) electrons. The summed E-state index contributed by atoms with van der Waals surface area (Å²) >= 11 is 7.89. The molecule has 0 unspecified atom stereocenters. The zero-order valence-electron chi connectivity index (χ0n) is 20.0. The molecule has 0 aliphatic carbocycles. The Morgan fingerprint density at radius 3 is 2.44 bits per heavy atom. The molecular weight excluding hydrogens is 612 g/mol. The summed E-state index contributed by atoms with van der Waals surface area (Å²) in [6, 6.07) is 10.1. The number of hydrogen-bond acceptors (Lipinski definition) is 7. The molecule has 0 saturated carbocycles. The van der Waals surface area contributed by atoms with E-state index in [-0.39, 0.29) is 24.0 Å². The van der Waals surface area contributed by atoms with E-state index >= 15 is 0 Å². The van der Waals surface area contributed by atoms with E-state index in [1.165, 1.54) is 11.3 Å². The molecule has 4 rings (SSSR count). The number of phenolic OH excluding ortho intramolecular Hbond substituents is 1. The van der Waals surface area contributed by atoms with E-state index in [1.807, 2.05) is 38.1 Å². The molecule has 188 valence electrons. The van der Waals surface area contributed by atoms with Gasteiger partial charge in [0.15, 0.2) is 4.80 Å². The van der Waals surface area contributed by atoms with Gasteiger partial charge >= 0.3 is 5.97 Å². The average Bonchev–Trinajstić information content (AvgIpc) is 3.11. The smallest absolute Gasteiger partial charge is 0.338 e. The van der Waals surface area contributed by atoms with E-state index in [2.05, 4.69) is 36.9 Å². The monoisotopic (exact) mass is 634 g/mol. The van der Waals surface area contributed by atoms with Crippen LogP contribution in [0.1, 0.15) is 44.9 Å². The number of rotatable bonds is 6. The van der Waals surface area contributed by atoms with Crippen LogP contribution in [0.4, 0.5) is 0 Å². The van der Waals surface area contributed by atoms with Crippen molar-refractivity contribution in [1.82, 2.24) is 4.57 Å². The van der Waals surface area contributed by atoms with E-state index in [1.54, 1.807) is 36.6 Å². The van der Waals surface area contributed by atoms with Crippen molar-refractivity contribution in [3.05, 3.63) is 87.4 Å². The van der Waals surface area contributed by atoms with Crippen LogP contribution in [0.3, 0.4) is 0 Å². The fourth-order valence-electron chi connectivity index (χ4n) is 3.93. The van der Waals surface area contributed by atoms with Gasteiger partial charge in [0.1, 0.15) is 11.5 Å². The first-order valence-electron chi connectivity index (χ1n) is 11.2. The number of carbonyl (C=O) groups excluding carboxylic acids is 1. The van der Waals surface area contributed by atoms with Gasteiger partial charge in [0.25, 0.3) is 5.56 Å². The Bertz CT molecular complexity index is 1510. The molecule has 1 aromatic heterocycles.